The number of halogens is 7. The average Bonchev–Trinajstić information content (AvgIpc) is 1.79. The highest BCUT2D eigenvalue weighted by atomic mass is 19.4. The summed E-state index contributed by atoms with van der Waals surface area (Å²) in [6.45, 7) is 0. The maximum absolute atomic E-state index is 12.0. The van der Waals surface area contributed by atoms with Crippen molar-refractivity contribution in [3.8, 4) is 0 Å². The number of hydrogen-bond acceptors (Lipinski definition) is 1. The molecule has 14 heavy (non-hydrogen) atoms. The zero-order chi connectivity index (χ0) is 11.7. The standard InChI is InChI=1S/C5HF7O2/c6-1(3(13)14)2(4(7,8)9)5(10,11)12/h(H,13,14). The predicted octanol–water partition coefficient (Wildman–Crippen LogP) is 2.42. The van der Waals surface area contributed by atoms with E-state index in [1.165, 1.54) is 0 Å². The van der Waals surface area contributed by atoms with Crippen LogP contribution in [0.5, 0.6) is 0 Å². The second-order valence-corrected chi connectivity index (χ2v) is 1.99. The molecule has 0 aromatic heterocycles. The third-order valence-corrected chi connectivity index (χ3v) is 0.974. The fourth-order valence-corrected chi connectivity index (χ4v) is 0.517. The number of aliphatic carboxylic acids is 1. The van der Waals surface area contributed by atoms with Crippen molar-refractivity contribution in [2.24, 2.45) is 0 Å². The fraction of sp³-hybridized carbons (Fsp3) is 0.400. The van der Waals surface area contributed by atoms with Gasteiger partial charge in [-0.1, -0.05) is 0 Å². The minimum absolute atomic E-state index is 2.92. The van der Waals surface area contributed by atoms with E-state index >= 15 is 0 Å². The van der Waals surface area contributed by atoms with Crippen LogP contribution in [-0.4, -0.2) is 23.4 Å². The van der Waals surface area contributed by atoms with E-state index in [0.717, 1.165) is 0 Å². The lowest BCUT2D eigenvalue weighted by atomic mass is 10.2. The minimum Gasteiger partial charge on any atom is -0.476 e. The molecule has 0 rings (SSSR count). The molecule has 0 fully saturated rings. The molecule has 0 atom stereocenters. The molecular formula is C5HF7O2. The number of hydrogen-bond donors (Lipinski definition) is 1. The molecule has 0 aromatic rings. The molecule has 2 nitrogen and oxygen atoms in total. The summed E-state index contributed by atoms with van der Waals surface area (Å²) in [6, 6.07) is 0. The van der Waals surface area contributed by atoms with Gasteiger partial charge in [-0.15, -0.1) is 0 Å². The molecule has 0 saturated heterocycles. The zero-order valence-electron chi connectivity index (χ0n) is 6.00. The molecule has 0 aliphatic rings. The van der Waals surface area contributed by atoms with Crippen LogP contribution < -0.4 is 0 Å². The van der Waals surface area contributed by atoms with Gasteiger partial charge in [0.1, 0.15) is 0 Å². The first-order chi connectivity index (χ1) is 5.98. The van der Waals surface area contributed by atoms with Gasteiger partial charge in [-0.25, -0.2) is 4.79 Å². The molecule has 0 unspecified atom stereocenters. The average molecular weight is 226 g/mol. The van der Waals surface area contributed by atoms with Gasteiger partial charge in [0.25, 0.3) is 0 Å². The Morgan fingerprint density at radius 2 is 1.21 bits per heavy atom. The predicted molar refractivity (Wildman–Crippen MR) is 27.9 cm³/mol. The second-order valence-electron chi connectivity index (χ2n) is 1.99. The van der Waals surface area contributed by atoms with Crippen molar-refractivity contribution < 1.29 is 40.6 Å². The van der Waals surface area contributed by atoms with Crippen LogP contribution >= 0.6 is 0 Å². The lowest BCUT2D eigenvalue weighted by Gasteiger charge is -2.14. The third kappa shape index (κ3) is 2.89. The molecule has 0 saturated carbocycles. The Morgan fingerprint density at radius 1 is 0.929 bits per heavy atom. The first-order valence-electron chi connectivity index (χ1n) is 2.75. The SMILES string of the molecule is O=C(O)C(F)=C(C(F)(F)F)C(F)(F)F. The van der Waals surface area contributed by atoms with Crippen LogP contribution in [0.15, 0.2) is 11.4 Å². The van der Waals surface area contributed by atoms with Gasteiger partial charge < -0.3 is 5.11 Å². The molecule has 0 radical (unpaired) electrons. The largest absolute Gasteiger partial charge is 0.476 e. The summed E-state index contributed by atoms with van der Waals surface area (Å²) in [5.41, 5.74) is -3.66. The molecule has 0 heterocycles. The zero-order valence-corrected chi connectivity index (χ0v) is 6.00. The van der Waals surface area contributed by atoms with E-state index in [9.17, 15) is 35.5 Å². The van der Waals surface area contributed by atoms with Crippen molar-refractivity contribution in [3.63, 3.8) is 0 Å². The van der Waals surface area contributed by atoms with Gasteiger partial charge in [-0.05, 0) is 0 Å². The molecule has 0 aliphatic carbocycles. The Labute approximate surface area is 71.6 Å². The van der Waals surface area contributed by atoms with Crippen LogP contribution in [0.1, 0.15) is 0 Å². The lowest BCUT2D eigenvalue weighted by Crippen LogP contribution is -2.29. The Bertz CT molecular complexity index is 255. The van der Waals surface area contributed by atoms with Crippen molar-refractivity contribution in [3.05, 3.63) is 11.4 Å². The van der Waals surface area contributed by atoms with E-state index in [-0.39, 0.29) is 0 Å². The highest BCUT2D eigenvalue weighted by Gasteiger charge is 2.55. The topological polar surface area (TPSA) is 37.3 Å². The van der Waals surface area contributed by atoms with Crippen molar-refractivity contribution >= 4 is 5.97 Å². The Hall–Kier alpha value is -1.28. The van der Waals surface area contributed by atoms with Gasteiger partial charge in [0, 0.05) is 0 Å². The second kappa shape index (κ2) is 3.46. The van der Waals surface area contributed by atoms with Crippen LogP contribution in [0.2, 0.25) is 0 Å². The highest BCUT2D eigenvalue weighted by Crippen LogP contribution is 2.40. The van der Waals surface area contributed by atoms with Crippen molar-refractivity contribution in [1.29, 1.82) is 0 Å². The summed E-state index contributed by atoms with van der Waals surface area (Å²) >= 11 is 0. The fourth-order valence-electron chi connectivity index (χ4n) is 0.517. The summed E-state index contributed by atoms with van der Waals surface area (Å²) in [6.07, 6.45) is -12.2. The molecule has 1 N–H and O–H groups in total. The first kappa shape index (κ1) is 12.7. The van der Waals surface area contributed by atoms with Crippen LogP contribution in [0, 0.1) is 0 Å². The van der Waals surface area contributed by atoms with Crippen LogP contribution in [0.4, 0.5) is 30.7 Å². The maximum Gasteiger partial charge on any atom is 0.424 e. The van der Waals surface area contributed by atoms with Crippen molar-refractivity contribution in [2.45, 2.75) is 12.4 Å². The van der Waals surface area contributed by atoms with Crippen molar-refractivity contribution in [1.82, 2.24) is 0 Å². The van der Waals surface area contributed by atoms with E-state index in [1.807, 2.05) is 0 Å². The van der Waals surface area contributed by atoms with E-state index in [4.69, 9.17) is 5.11 Å². The van der Waals surface area contributed by atoms with Gasteiger partial charge in [0.05, 0.1) is 0 Å². The number of carbonyl (C=O) groups is 1. The molecule has 0 aliphatic heterocycles. The quantitative estimate of drug-likeness (QED) is 0.550. The number of carboxylic acid groups (broad SMARTS) is 1. The van der Waals surface area contributed by atoms with Gasteiger partial charge >= 0.3 is 18.3 Å². The molecule has 0 bridgehead atoms. The molecule has 0 amide bonds. The first-order valence-corrected chi connectivity index (χ1v) is 2.75. The Kier molecular flexibility index (Phi) is 3.15. The summed E-state index contributed by atoms with van der Waals surface area (Å²) < 4.78 is 81.3. The van der Waals surface area contributed by atoms with E-state index in [1.54, 1.807) is 0 Å². The number of carboxylic acids is 1. The van der Waals surface area contributed by atoms with Crippen LogP contribution in [0.3, 0.4) is 0 Å². The van der Waals surface area contributed by atoms with Gasteiger partial charge in [-0.2, -0.15) is 30.7 Å². The van der Waals surface area contributed by atoms with Gasteiger partial charge in [0.2, 0.25) is 5.83 Å². The summed E-state index contributed by atoms with van der Waals surface area (Å²) in [4.78, 5) is 9.60. The smallest absolute Gasteiger partial charge is 0.424 e. The lowest BCUT2D eigenvalue weighted by molar-refractivity contribution is -0.176. The molecular weight excluding hydrogens is 225 g/mol. The number of alkyl halides is 6. The van der Waals surface area contributed by atoms with E-state index in [2.05, 4.69) is 0 Å². The molecule has 82 valence electrons. The highest BCUT2D eigenvalue weighted by molar-refractivity contribution is 5.85. The summed E-state index contributed by atoms with van der Waals surface area (Å²) in [7, 11) is 0. The number of rotatable bonds is 1. The minimum atomic E-state index is -6.10. The normalized spacial score (nSPS) is 12.5. The molecule has 0 spiro atoms. The summed E-state index contributed by atoms with van der Waals surface area (Å²) in [5, 5.41) is 7.65. The van der Waals surface area contributed by atoms with E-state index in [0.29, 0.717) is 0 Å². The number of allylic oxidation sites excluding steroid dienone is 1. The molecule has 0 aromatic carbocycles. The third-order valence-electron chi connectivity index (χ3n) is 0.974. The molecule has 9 heteroatoms. The van der Waals surface area contributed by atoms with Gasteiger partial charge in [0.15, 0.2) is 5.57 Å². The Balaban J connectivity index is 5.57. The van der Waals surface area contributed by atoms with Crippen molar-refractivity contribution in [2.75, 3.05) is 0 Å². The van der Waals surface area contributed by atoms with Crippen LogP contribution in [-0.2, 0) is 4.79 Å². The summed E-state index contributed by atoms with van der Waals surface area (Å²) in [5.74, 6) is -6.19. The maximum atomic E-state index is 12.0. The Morgan fingerprint density at radius 3 is 1.29 bits per heavy atom. The van der Waals surface area contributed by atoms with Crippen LogP contribution in [0.25, 0.3) is 0 Å². The van der Waals surface area contributed by atoms with Gasteiger partial charge in [-0.3, -0.25) is 0 Å². The monoisotopic (exact) mass is 226 g/mol. The van der Waals surface area contributed by atoms with E-state index < -0.39 is 29.7 Å².